The number of anilines is 1. The van der Waals surface area contributed by atoms with Gasteiger partial charge in [0.15, 0.2) is 0 Å². The van der Waals surface area contributed by atoms with E-state index in [2.05, 4.69) is 25.5 Å². The molecule has 25 heavy (non-hydrogen) atoms. The predicted molar refractivity (Wildman–Crippen MR) is 80.0 cm³/mol. The summed E-state index contributed by atoms with van der Waals surface area (Å²) in [4.78, 5) is 20.0. The maximum atomic E-state index is 12.5. The Labute approximate surface area is 138 Å². The number of fused-ring (bicyclic) bond motifs is 1. The van der Waals surface area contributed by atoms with Crippen molar-refractivity contribution in [1.82, 2.24) is 25.3 Å². The van der Waals surface area contributed by atoms with Crippen molar-refractivity contribution in [3.05, 3.63) is 28.8 Å². The number of nitrogens with one attached hydrogen (secondary N) is 2. The fraction of sp³-hybridized carbons (Fsp3) is 0.357. The molecule has 0 saturated carbocycles. The van der Waals surface area contributed by atoms with Crippen LogP contribution in [0.4, 0.5) is 19.1 Å². The van der Waals surface area contributed by atoms with Crippen LogP contribution in [0.25, 0.3) is 11.1 Å². The van der Waals surface area contributed by atoms with Gasteiger partial charge in [0.25, 0.3) is 11.6 Å². The van der Waals surface area contributed by atoms with Gasteiger partial charge in [0, 0.05) is 5.69 Å². The fourth-order valence-corrected chi connectivity index (χ4v) is 2.20. The molecule has 0 spiro atoms. The smallest absolute Gasteiger partial charge is 0.336 e. The van der Waals surface area contributed by atoms with Gasteiger partial charge in [-0.15, -0.1) is 5.10 Å². The summed E-state index contributed by atoms with van der Waals surface area (Å²) in [6.45, 7) is 5.39. The molecule has 2 N–H and O–H groups in total. The zero-order valence-electron chi connectivity index (χ0n) is 13.4. The molecule has 0 unspecified atom stereocenters. The summed E-state index contributed by atoms with van der Waals surface area (Å²) < 4.78 is 42.7. The van der Waals surface area contributed by atoms with E-state index in [1.807, 2.05) is 13.8 Å². The van der Waals surface area contributed by atoms with Crippen molar-refractivity contribution in [2.45, 2.75) is 32.9 Å². The number of aryl methyl sites for hydroxylation is 1. The van der Waals surface area contributed by atoms with Gasteiger partial charge in [0.05, 0.1) is 16.6 Å². The maximum absolute atomic E-state index is 12.5. The van der Waals surface area contributed by atoms with Crippen molar-refractivity contribution in [3.8, 4) is 0 Å². The average Bonchev–Trinajstić information content (AvgIpc) is 3.13. The Bertz CT molecular complexity index is 944. The lowest BCUT2D eigenvalue weighted by Gasteiger charge is -2.08. The van der Waals surface area contributed by atoms with Crippen LogP contribution in [0.15, 0.2) is 10.6 Å². The first-order valence-corrected chi connectivity index (χ1v) is 7.24. The number of pyridine rings is 1. The third kappa shape index (κ3) is 3.16. The predicted octanol–water partition coefficient (Wildman–Crippen LogP) is 3.04. The fourth-order valence-electron chi connectivity index (χ4n) is 2.20. The Morgan fingerprint density at radius 3 is 2.64 bits per heavy atom. The van der Waals surface area contributed by atoms with Gasteiger partial charge in [0.1, 0.15) is 0 Å². The molecule has 3 rings (SSSR count). The van der Waals surface area contributed by atoms with E-state index in [0.717, 1.165) is 0 Å². The molecule has 8 nitrogen and oxygen atoms in total. The number of H-pyrrole nitrogens is 1. The van der Waals surface area contributed by atoms with E-state index in [4.69, 9.17) is 4.52 Å². The Hall–Kier alpha value is -2.98. The Balaban J connectivity index is 1.99. The number of amides is 1. The van der Waals surface area contributed by atoms with Gasteiger partial charge in [-0.3, -0.25) is 15.2 Å². The molecule has 11 heteroatoms. The molecule has 0 aliphatic heterocycles. The van der Waals surface area contributed by atoms with Crippen molar-refractivity contribution in [3.63, 3.8) is 0 Å². The van der Waals surface area contributed by atoms with Crippen LogP contribution < -0.4 is 5.32 Å². The van der Waals surface area contributed by atoms with E-state index in [1.54, 1.807) is 18.1 Å². The van der Waals surface area contributed by atoms with Crippen molar-refractivity contribution in [2.24, 2.45) is 0 Å². The van der Waals surface area contributed by atoms with Crippen molar-refractivity contribution < 1.29 is 22.5 Å². The first kappa shape index (κ1) is 16.9. The SMILES string of the molecule is Cc1noc2nc(C(C)C)cc(C(=O)Nc3n[nH]c(C(F)(F)F)n3)c12. The molecule has 0 aromatic carbocycles. The summed E-state index contributed by atoms with van der Waals surface area (Å²) in [6.07, 6.45) is -4.68. The third-order valence-electron chi connectivity index (χ3n) is 3.45. The van der Waals surface area contributed by atoms with Gasteiger partial charge in [-0.2, -0.15) is 18.2 Å². The number of halogens is 3. The molecule has 3 aromatic rings. The van der Waals surface area contributed by atoms with E-state index in [1.165, 1.54) is 0 Å². The molecule has 1 amide bonds. The highest BCUT2D eigenvalue weighted by atomic mass is 19.4. The molecule has 3 heterocycles. The summed E-state index contributed by atoms with van der Waals surface area (Å²) in [5, 5.41) is 11.5. The minimum Gasteiger partial charge on any atom is -0.336 e. The molecule has 0 aliphatic rings. The van der Waals surface area contributed by atoms with Gasteiger partial charge >= 0.3 is 6.18 Å². The van der Waals surface area contributed by atoms with Crippen molar-refractivity contribution >= 4 is 23.0 Å². The van der Waals surface area contributed by atoms with E-state index >= 15 is 0 Å². The molecule has 0 radical (unpaired) electrons. The van der Waals surface area contributed by atoms with E-state index in [9.17, 15) is 18.0 Å². The zero-order valence-corrected chi connectivity index (χ0v) is 13.4. The lowest BCUT2D eigenvalue weighted by atomic mass is 10.0. The Morgan fingerprint density at radius 1 is 1.32 bits per heavy atom. The van der Waals surface area contributed by atoms with Crippen molar-refractivity contribution in [1.29, 1.82) is 0 Å². The molecule has 0 fully saturated rings. The summed E-state index contributed by atoms with van der Waals surface area (Å²) in [5.74, 6) is -2.47. The number of nitrogens with zero attached hydrogens (tertiary/aromatic N) is 4. The highest BCUT2D eigenvalue weighted by molar-refractivity contribution is 6.11. The number of hydrogen-bond acceptors (Lipinski definition) is 6. The first-order valence-electron chi connectivity index (χ1n) is 7.24. The molecule has 132 valence electrons. The first-order chi connectivity index (χ1) is 11.7. The zero-order chi connectivity index (χ0) is 18.4. The number of alkyl halides is 3. The Kier molecular flexibility index (Phi) is 3.93. The second-order valence-electron chi connectivity index (χ2n) is 5.66. The topological polar surface area (TPSA) is 110 Å². The maximum Gasteiger partial charge on any atom is 0.451 e. The summed E-state index contributed by atoms with van der Waals surface area (Å²) in [6, 6.07) is 1.55. The van der Waals surface area contributed by atoms with Crippen LogP contribution in [0, 0.1) is 6.92 Å². The number of aromatic amines is 1. The van der Waals surface area contributed by atoms with Crippen molar-refractivity contribution in [2.75, 3.05) is 5.32 Å². The summed E-state index contributed by atoms with van der Waals surface area (Å²) >= 11 is 0. The standard InChI is InChI=1S/C14H13F3N6O2/c1-5(2)8-4-7(9-6(3)23-25-11(9)18-8)10(24)19-13-20-12(21-22-13)14(15,16)17/h4-5H,1-3H3,(H2,19,20,21,22,24). The molecule has 3 aromatic heterocycles. The number of rotatable bonds is 3. The highest BCUT2D eigenvalue weighted by Gasteiger charge is 2.35. The monoisotopic (exact) mass is 354 g/mol. The van der Waals surface area contributed by atoms with Crippen LogP contribution in [-0.2, 0) is 6.18 Å². The second kappa shape index (κ2) is 5.83. The van der Waals surface area contributed by atoms with Gasteiger partial charge in [-0.1, -0.05) is 19.0 Å². The molecular weight excluding hydrogens is 341 g/mol. The van der Waals surface area contributed by atoms with Gasteiger partial charge in [-0.05, 0) is 18.9 Å². The lowest BCUT2D eigenvalue weighted by Crippen LogP contribution is -2.15. The molecular formula is C14H13F3N6O2. The highest BCUT2D eigenvalue weighted by Crippen LogP contribution is 2.27. The van der Waals surface area contributed by atoms with Crippen LogP contribution in [-0.4, -0.2) is 31.2 Å². The third-order valence-corrected chi connectivity index (χ3v) is 3.45. The molecule has 0 aliphatic carbocycles. The van der Waals surface area contributed by atoms with Crippen LogP contribution >= 0.6 is 0 Å². The van der Waals surface area contributed by atoms with Crippen LogP contribution in [0.2, 0.25) is 0 Å². The van der Waals surface area contributed by atoms with Crippen LogP contribution in [0.3, 0.4) is 0 Å². The van der Waals surface area contributed by atoms with Gasteiger partial charge < -0.3 is 4.52 Å². The average molecular weight is 354 g/mol. The molecule has 0 atom stereocenters. The normalized spacial score (nSPS) is 12.1. The molecule has 0 saturated heterocycles. The quantitative estimate of drug-likeness (QED) is 0.748. The minimum absolute atomic E-state index is 0.00157. The summed E-state index contributed by atoms with van der Waals surface area (Å²) in [7, 11) is 0. The number of carbonyl (C=O) groups excluding carboxylic acids is 1. The van der Waals surface area contributed by atoms with E-state index in [-0.39, 0.29) is 17.2 Å². The number of hydrogen-bond donors (Lipinski definition) is 2. The van der Waals surface area contributed by atoms with Gasteiger partial charge in [-0.25, -0.2) is 4.98 Å². The Morgan fingerprint density at radius 2 is 2.04 bits per heavy atom. The minimum atomic E-state index is -4.68. The summed E-state index contributed by atoms with van der Waals surface area (Å²) in [5.41, 5.74) is 1.37. The molecule has 0 bridgehead atoms. The lowest BCUT2D eigenvalue weighted by molar-refractivity contribution is -0.144. The van der Waals surface area contributed by atoms with E-state index in [0.29, 0.717) is 16.8 Å². The van der Waals surface area contributed by atoms with E-state index < -0.39 is 23.9 Å². The van der Waals surface area contributed by atoms with Crippen LogP contribution in [0.1, 0.15) is 47.3 Å². The number of aromatic nitrogens is 5. The van der Waals surface area contributed by atoms with Crippen LogP contribution in [0.5, 0.6) is 0 Å². The van der Waals surface area contributed by atoms with Gasteiger partial charge in [0.2, 0.25) is 11.8 Å². The largest absolute Gasteiger partial charge is 0.451 e. The second-order valence-corrected chi connectivity index (χ2v) is 5.66. The number of carbonyl (C=O) groups is 1.